The molecule has 7 heteroatoms. The van der Waals surface area contributed by atoms with Crippen molar-refractivity contribution >= 4 is 0 Å². The molecule has 0 unspecified atom stereocenters. The lowest BCUT2D eigenvalue weighted by atomic mass is 9.43. The molecule has 0 aromatic carbocycles. The lowest BCUT2D eigenvalue weighted by molar-refractivity contribution is -0.148. The summed E-state index contributed by atoms with van der Waals surface area (Å²) in [5, 5.41) is 50.4. The maximum Gasteiger partial charge on any atom is 0.0691 e. The Morgan fingerprint density at radius 1 is 0.515 bits per heavy atom. The molecule has 0 aromatic rings. The second-order valence-electron chi connectivity index (χ2n) is 27.5. The minimum atomic E-state index is -0.496. The maximum absolute atomic E-state index is 11.0. The highest BCUT2D eigenvalue weighted by Crippen LogP contribution is 2.70. The topological polar surface area (TPSA) is 120 Å². The molecule has 17 atom stereocenters. The van der Waals surface area contributed by atoms with Crippen molar-refractivity contribution in [2.75, 3.05) is 33.5 Å². The molecule has 7 saturated carbocycles. The summed E-state index contributed by atoms with van der Waals surface area (Å²) < 4.78 is 11.0. The van der Waals surface area contributed by atoms with E-state index in [1.807, 2.05) is 6.92 Å². The fraction of sp³-hybridized carbons (Fsp3) is 0.966. The van der Waals surface area contributed by atoms with Gasteiger partial charge in [-0.05, 0) is 261 Å². The van der Waals surface area contributed by atoms with E-state index in [1.165, 1.54) is 89.9 Å². The molecule has 7 nitrogen and oxygen atoms in total. The van der Waals surface area contributed by atoms with Crippen LogP contribution in [0, 0.1) is 86.8 Å². The van der Waals surface area contributed by atoms with E-state index in [2.05, 4.69) is 54.5 Å². The summed E-state index contributed by atoms with van der Waals surface area (Å²) in [4.78, 5) is 0. The largest absolute Gasteiger partial charge is 0.400 e. The van der Waals surface area contributed by atoms with E-state index >= 15 is 0 Å². The molecule has 8 aliphatic carbocycles. The molecule has 0 bridgehead atoms. The van der Waals surface area contributed by atoms with Crippen molar-refractivity contribution in [2.24, 2.45) is 86.8 Å². The number of fused-ring (bicyclic) bond motifs is 10. The molecule has 2 aliphatic heterocycles. The molecule has 0 radical (unpaired) electrons. The summed E-state index contributed by atoms with van der Waals surface area (Å²) in [5.74, 6) is 8.98. The second kappa shape index (κ2) is 19.5. The van der Waals surface area contributed by atoms with Crippen LogP contribution in [0.3, 0.4) is 0 Å². The van der Waals surface area contributed by atoms with E-state index in [-0.39, 0.29) is 0 Å². The van der Waals surface area contributed by atoms with E-state index in [1.54, 1.807) is 5.57 Å². The molecule has 66 heavy (non-hydrogen) atoms. The van der Waals surface area contributed by atoms with Gasteiger partial charge < -0.3 is 35.0 Å². The molecule has 2 saturated heterocycles. The van der Waals surface area contributed by atoms with Crippen LogP contribution in [0.5, 0.6) is 0 Å². The van der Waals surface area contributed by atoms with Gasteiger partial charge in [0, 0.05) is 33.5 Å². The first kappa shape index (κ1) is 51.8. The molecule has 380 valence electrons. The average Bonchev–Trinajstić information content (AvgIpc) is 3.83. The summed E-state index contributed by atoms with van der Waals surface area (Å²) >= 11 is 0. The van der Waals surface area contributed by atoms with Crippen molar-refractivity contribution in [1.82, 2.24) is 0 Å². The average molecular weight is 923 g/mol. The van der Waals surface area contributed by atoms with Crippen LogP contribution in [0.25, 0.3) is 0 Å². The molecule has 5 N–H and O–H groups in total. The second-order valence-corrected chi connectivity index (χ2v) is 27.5. The van der Waals surface area contributed by atoms with Gasteiger partial charge in [0.05, 0.1) is 22.4 Å². The number of hydrogen-bond acceptors (Lipinski definition) is 7. The van der Waals surface area contributed by atoms with Crippen LogP contribution in [0.4, 0.5) is 0 Å². The summed E-state index contributed by atoms with van der Waals surface area (Å²) in [7, 11) is 1.00. The smallest absolute Gasteiger partial charge is 0.0691 e. The van der Waals surface area contributed by atoms with Crippen LogP contribution in [0.1, 0.15) is 216 Å². The highest BCUT2D eigenvalue weighted by Gasteiger charge is 2.62. The van der Waals surface area contributed by atoms with Gasteiger partial charge in [0.2, 0.25) is 0 Å². The molecule has 9 fully saturated rings. The Labute approximate surface area is 403 Å². The first-order chi connectivity index (χ1) is 31.1. The van der Waals surface area contributed by atoms with Gasteiger partial charge in [0.1, 0.15) is 0 Å². The number of aliphatic hydroxyl groups is 5. The Balaban J connectivity index is 0.000000173. The van der Waals surface area contributed by atoms with Gasteiger partial charge >= 0.3 is 0 Å². The minimum absolute atomic E-state index is 0.322. The van der Waals surface area contributed by atoms with E-state index < -0.39 is 22.4 Å². The molecule has 0 amide bonds. The number of ether oxygens (including phenoxy) is 2. The Bertz CT molecular complexity index is 1660. The van der Waals surface area contributed by atoms with E-state index in [0.717, 1.165) is 157 Å². The quantitative estimate of drug-likeness (QED) is 0.154. The first-order valence-electron chi connectivity index (χ1n) is 28.3. The van der Waals surface area contributed by atoms with E-state index in [9.17, 15) is 20.4 Å². The van der Waals surface area contributed by atoms with Crippen LogP contribution in [-0.2, 0) is 9.47 Å². The minimum Gasteiger partial charge on any atom is -0.400 e. The normalized spacial score (nSPS) is 48.7. The number of allylic oxidation sites excluding steroid dienone is 1. The van der Waals surface area contributed by atoms with E-state index in [0.29, 0.717) is 33.5 Å². The SMILES string of the molecule is CO.C[C@H](CCC1(O)CCOCC1)[C@H]1CC[C@H]2[C@@H]3CC=C4C[C@@](C)(O)CC[C@]4(C)[C@H]3CC[C@]12C.C[C@H](CCC1(O)CCOCC1)[C@H]1CC[C@H]2[C@@H]3CC[C@H]4C[C@@](C)(O)CC[C@]4(C)[C@H]3CC[C@]12C. The van der Waals surface area contributed by atoms with Gasteiger partial charge in [-0.15, -0.1) is 0 Å². The molecule has 10 aliphatic rings. The van der Waals surface area contributed by atoms with Crippen molar-refractivity contribution < 1.29 is 35.0 Å². The van der Waals surface area contributed by atoms with Crippen molar-refractivity contribution in [3.63, 3.8) is 0 Å². The molecule has 10 rings (SSSR count). The van der Waals surface area contributed by atoms with Crippen LogP contribution in [0.15, 0.2) is 11.6 Å². The van der Waals surface area contributed by atoms with Crippen molar-refractivity contribution in [3.05, 3.63) is 11.6 Å². The van der Waals surface area contributed by atoms with Crippen molar-refractivity contribution in [1.29, 1.82) is 0 Å². The standard InChI is InChI=1S/C29H50O3.C29H48O3.CH4O/c2*1-20(9-12-29(31)15-17-32-18-16-29)23-7-8-24-22-6-5-21-19-26(2,30)13-14-27(21,3)25(22)10-11-28(23,24)4;1-2/h20-25,30-31H,5-19H2,1-4H3;5,20,22-25,30-31H,6-19H2,1-4H3;2H,1H3/t20-,21+,22+,23-,24+,25+,26+,27+,28-;20-,22+,23-,24+,25+,26+,27+,28-;/m11./s1. The summed E-state index contributed by atoms with van der Waals surface area (Å²) in [6.07, 6.45) is 31.5. The van der Waals surface area contributed by atoms with Gasteiger partial charge in [0.15, 0.2) is 0 Å². The number of rotatable bonds is 8. The van der Waals surface area contributed by atoms with Gasteiger partial charge in [-0.3, -0.25) is 0 Å². The lowest BCUT2D eigenvalue weighted by Gasteiger charge is -2.62. The van der Waals surface area contributed by atoms with Crippen LogP contribution >= 0.6 is 0 Å². The first-order valence-corrected chi connectivity index (χ1v) is 28.3. The predicted molar refractivity (Wildman–Crippen MR) is 267 cm³/mol. The Hall–Kier alpha value is -0.540. The monoisotopic (exact) mass is 923 g/mol. The zero-order valence-corrected chi connectivity index (χ0v) is 44.0. The van der Waals surface area contributed by atoms with Gasteiger partial charge in [-0.25, -0.2) is 0 Å². The fourth-order valence-electron chi connectivity index (χ4n) is 19.6. The third kappa shape index (κ3) is 9.74. The van der Waals surface area contributed by atoms with Crippen molar-refractivity contribution in [2.45, 2.75) is 238 Å². The summed E-state index contributed by atoms with van der Waals surface area (Å²) in [5.41, 5.74) is 1.45. The molecule has 0 aromatic heterocycles. The fourth-order valence-corrected chi connectivity index (χ4v) is 19.6. The van der Waals surface area contributed by atoms with Crippen LogP contribution < -0.4 is 0 Å². The Morgan fingerprint density at radius 2 is 1.00 bits per heavy atom. The summed E-state index contributed by atoms with van der Waals surface area (Å²) in [6.45, 7) is 22.4. The predicted octanol–water partition coefficient (Wildman–Crippen LogP) is 12.2. The molecular formula is C59H102O7. The van der Waals surface area contributed by atoms with Crippen molar-refractivity contribution in [3.8, 4) is 0 Å². The number of hydrogen-bond donors (Lipinski definition) is 5. The zero-order valence-electron chi connectivity index (χ0n) is 44.0. The van der Waals surface area contributed by atoms with E-state index in [4.69, 9.17) is 14.6 Å². The third-order valence-corrected chi connectivity index (χ3v) is 23.8. The molecule has 0 spiro atoms. The molecular weight excluding hydrogens is 821 g/mol. The lowest BCUT2D eigenvalue weighted by Crippen LogP contribution is -2.55. The van der Waals surface area contributed by atoms with Gasteiger partial charge in [-0.2, -0.15) is 0 Å². The van der Waals surface area contributed by atoms with Gasteiger partial charge in [0.25, 0.3) is 0 Å². The number of aliphatic hydroxyl groups excluding tert-OH is 1. The highest BCUT2D eigenvalue weighted by atomic mass is 16.5. The maximum atomic E-state index is 11.0. The highest BCUT2D eigenvalue weighted by molar-refractivity contribution is 5.27. The molecule has 2 heterocycles. The third-order valence-electron chi connectivity index (χ3n) is 23.8. The Kier molecular flexibility index (Phi) is 15.3. The van der Waals surface area contributed by atoms with Crippen LogP contribution in [0.2, 0.25) is 0 Å². The van der Waals surface area contributed by atoms with Gasteiger partial charge in [-0.1, -0.05) is 53.2 Å². The zero-order chi connectivity index (χ0) is 47.6. The summed E-state index contributed by atoms with van der Waals surface area (Å²) in [6, 6.07) is 0. The van der Waals surface area contributed by atoms with Crippen LogP contribution in [-0.4, -0.2) is 81.5 Å². The Morgan fingerprint density at radius 3 is 1.55 bits per heavy atom.